The summed E-state index contributed by atoms with van der Waals surface area (Å²) in [5, 5.41) is 0. The maximum Gasteiger partial charge on any atom is 0.141 e. The summed E-state index contributed by atoms with van der Waals surface area (Å²) in [5.41, 5.74) is 14.2. The Balaban J connectivity index is 1.12. The van der Waals surface area contributed by atoms with E-state index >= 15 is 0 Å². The smallest absolute Gasteiger partial charge is 0.141 e. The zero-order chi connectivity index (χ0) is 35.2. The van der Waals surface area contributed by atoms with Crippen LogP contribution < -0.4 is 14.5 Å². The Morgan fingerprint density at radius 2 is 0.765 bits per heavy atom. The Labute approximate surface area is 300 Å². The Bertz CT molecular complexity index is 2290. The maximum absolute atomic E-state index is 6.87. The summed E-state index contributed by atoms with van der Waals surface area (Å²) in [4.78, 5) is 14.8. The Morgan fingerprint density at radius 1 is 0.412 bits per heavy atom. The SMILES string of the molecule is CC1(C)c2ccc(Oc3ccc4c(c3)N3c5ncccc5C(C)(C)c5cccc(c53)C4(C)C)cc2N2c3ncccc3C(C)(C)c3cccc1c32. The van der Waals surface area contributed by atoms with Crippen LogP contribution in [0.25, 0.3) is 0 Å². The molecule has 6 aromatic rings. The molecule has 0 bridgehead atoms. The molecule has 2 aromatic heterocycles. The fraction of sp³-hybridized carbons (Fsp3) is 0.261. The molecular weight excluding hydrogens is 625 g/mol. The molecule has 4 aliphatic rings. The van der Waals surface area contributed by atoms with Crippen molar-refractivity contribution in [1.29, 1.82) is 0 Å². The second-order valence-electron chi connectivity index (χ2n) is 16.8. The van der Waals surface area contributed by atoms with Crippen LogP contribution in [0, 0.1) is 0 Å². The predicted molar refractivity (Wildman–Crippen MR) is 206 cm³/mol. The summed E-state index contributed by atoms with van der Waals surface area (Å²) >= 11 is 0. The van der Waals surface area contributed by atoms with E-state index in [0.29, 0.717) is 0 Å². The van der Waals surface area contributed by atoms with Gasteiger partial charge in [-0.15, -0.1) is 0 Å². The van der Waals surface area contributed by atoms with Crippen molar-refractivity contribution < 1.29 is 4.74 Å². The summed E-state index contributed by atoms with van der Waals surface area (Å²) in [6.45, 7) is 18.6. The second kappa shape index (κ2) is 9.67. The molecule has 4 aliphatic heterocycles. The highest BCUT2D eigenvalue weighted by atomic mass is 16.5. The molecule has 5 heteroatoms. The topological polar surface area (TPSA) is 41.5 Å². The molecule has 0 fully saturated rings. The molecule has 0 aliphatic carbocycles. The van der Waals surface area contributed by atoms with E-state index in [9.17, 15) is 0 Å². The van der Waals surface area contributed by atoms with Crippen molar-refractivity contribution >= 4 is 34.4 Å². The van der Waals surface area contributed by atoms with E-state index in [0.717, 1.165) is 34.5 Å². The van der Waals surface area contributed by atoms with Crippen LogP contribution in [0.5, 0.6) is 11.5 Å². The first-order chi connectivity index (χ1) is 24.3. The first-order valence-electron chi connectivity index (χ1n) is 18.1. The molecule has 5 nitrogen and oxygen atoms in total. The maximum atomic E-state index is 6.87. The number of anilines is 6. The van der Waals surface area contributed by atoms with Crippen LogP contribution in [0.1, 0.15) is 99.9 Å². The molecule has 0 saturated heterocycles. The number of rotatable bonds is 2. The molecule has 0 unspecified atom stereocenters. The van der Waals surface area contributed by atoms with Gasteiger partial charge in [-0.2, -0.15) is 0 Å². The lowest BCUT2D eigenvalue weighted by atomic mass is 9.67. The van der Waals surface area contributed by atoms with Gasteiger partial charge in [0.15, 0.2) is 0 Å². The Morgan fingerprint density at radius 3 is 1.16 bits per heavy atom. The van der Waals surface area contributed by atoms with Crippen molar-refractivity contribution in [2.75, 3.05) is 9.80 Å². The van der Waals surface area contributed by atoms with Crippen LogP contribution in [0.4, 0.5) is 34.4 Å². The zero-order valence-corrected chi connectivity index (χ0v) is 30.6. The van der Waals surface area contributed by atoms with Gasteiger partial charge in [0.2, 0.25) is 0 Å². The van der Waals surface area contributed by atoms with Crippen LogP contribution in [0.2, 0.25) is 0 Å². The molecular formula is C46H42N4O. The number of ether oxygens (including phenoxy) is 1. The molecule has 51 heavy (non-hydrogen) atoms. The van der Waals surface area contributed by atoms with Crippen LogP contribution in [0.15, 0.2) is 109 Å². The van der Waals surface area contributed by atoms with Crippen molar-refractivity contribution in [3.05, 3.63) is 154 Å². The van der Waals surface area contributed by atoms with Gasteiger partial charge in [-0.3, -0.25) is 9.80 Å². The van der Waals surface area contributed by atoms with Crippen LogP contribution in [-0.2, 0) is 21.7 Å². The van der Waals surface area contributed by atoms with Gasteiger partial charge < -0.3 is 4.74 Å². The first kappa shape index (κ1) is 30.4. The number of hydrogen-bond donors (Lipinski definition) is 0. The summed E-state index contributed by atoms with van der Waals surface area (Å²) in [6, 6.07) is 35.3. The normalized spacial score (nSPS) is 18.4. The van der Waals surface area contributed by atoms with Crippen molar-refractivity contribution in [2.24, 2.45) is 0 Å². The third-order valence-corrected chi connectivity index (χ3v) is 12.6. The van der Waals surface area contributed by atoms with E-state index in [4.69, 9.17) is 14.7 Å². The Hall–Kier alpha value is -5.42. The number of aromatic nitrogens is 2. The molecule has 10 rings (SSSR count). The predicted octanol–water partition coefficient (Wildman–Crippen LogP) is 11.8. The minimum atomic E-state index is -0.205. The molecule has 0 spiro atoms. The van der Waals surface area contributed by atoms with E-state index in [1.165, 1.54) is 55.9 Å². The summed E-state index contributed by atoms with van der Waals surface area (Å²) in [6.07, 6.45) is 3.82. The minimum absolute atomic E-state index is 0.181. The molecule has 0 radical (unpaired) electrons. The number of fused-ring (bicyclic) bond motifs is 8. The zero-order valence-electron chi connectivity index (χ0n) is 30.6. The highest BCUT2D eigenvalue weighted by Crippen LogP contribution is 2.61. The van der Waals surface area contributed by atoms with E-state index in [1.807, 2.05) is 12.4 Å². The van der Waals surface area contributed by atoms with Crippen LogP contribution in [-0.4, -0.2) is 9.97 Å². The number of hydrogen-bond acceptors (Lipinski definition) is 5. The molecule has 0 atom stereocenters. The van der Waals surface area contributed by atoms with Gasteiger partial charge in [0, 0.05) is 57.3 Å². The van der Waals surface area contributed by atoms with Gasteiger partial charge in [0.1, 0.15) is 23.1 Å². The quantitative estimate of drug-likeness (QED) is 0.184. The van der Waals surface area contributed by atoms with E-state index < -0.39 is 0 Å². The van der Waals surface area contributed by atoms with Crippen molar-refractivity contribution in [3.63, 3.8) is 0 Å². The number of benzene rings is 4. The summed E-state index contributed by atoms with van der Waals surface area (Å²) in [5.74, 6) is 3.56. The number of para-hydroxylation sites is 2. The lowest BCUT2D eigenvalue weighted by molar-refractivity contribution is 0.480. The van der Waals surface area contributed by atoms with Crippen LogP contribution in [0.3, 0.4) is 0 Å². The molecule has 4 aromatic carbocycles. The number of nitrogens with zero attached hydrogens (tertiary/aromatic N) is 4. The molecule has 252 valence electrons. The van der Waals surface area contributed by atoms with Gasteiger partial charge >= 0.3 is 0 Å². The van der Waals surface area contributed by atoms with Crippen LogP contribution >= 0.6 is 0 Å². The average Bonchev–Trinajstić information content (AvgIpc) is 3.11. The third kappa shape index (κ3) is 3.76. The fourth-order valence-corrected chi connectivity index (χ4v) is 9.69. The first-order valence-corrected chi connectivity index (χ1v) is 18.1. The minimum Gasteiger partial charge on any atom is -0.457 e. The van der Waals surface area contributed by atoms with Gasteiger partial charge in [-0.1, -0.05) is 116 Å². The standard InChI is InChI=1S/C46H42N4O/c1-43(2)29-21-19-27(25-37(29)49-39-31(43)13-9-15-33(39)45(5,6)35-17-11-23-47-41(35)49)51-28-20-22-30-38(26-28)50-40-32(44(30,3)4)14-10-16-34(40)46(7,8)36-18-12-24-48-42(36)50/h9-26H,1-8H3. The van der Waals surface area contributed by atoms with E-state index in [1.54, 1.807) is 0 Å². The molecule has 0 saturated carbocycles. The fourth-order valence-electron chi connectivity index (χ4n) is 9.69. The lowest BCUT2D eigenvalue weighted by Crippen LogP contribution is -2.38. The van der Waals surface area contributed by atoms with Crippen molar-refractivity contribution in [1.82, 2.24) is 9.97 Å². The molecule has 6 heterocycles. The van der Waals surface area contributed by atoms with Gasteiger partial charge in [0.05, 0.1) is 22.7 Å². The number of pyridine rings is 2. The lowest BCUT2D eigenvalue weighted by Gasteiger charge is -2.48. The van der Waals surface area contributed by atoms with Crippen molar-refractivity contribution in [3.8, 4) is 11.5 Å². The monoisotopic (exact) mass is 666 g/mol. The highest BCUT2D eigenvalue weighted by Gasteiger charge is 2.47. The largest absolute Gasteiger partial charge is 0.457 e. The third-order valence-electron chi connectivity index (χ3n) is 12.6. The van der Waals surface area contributed by atoms with Crippen molar-refractivity contribution in [2.45, 2.75) is 77.0 Å². The van der Waals surface area contributed by atoms with Gasteiger partial charge in [-0.05, 0) is 57.6 Å². The molecule has 0 N–H and O–H groups in total. The van der Waals surface area contributed by atoms with E-state index in [2.05, 4.69) is 162 Å². The van der Waals surface area contributed by atoms with Gasteiger partial charge in [-0.25, -0.2) is 9.97 Å². The summed E-state index contributed by atoms with van der Waals surface area (Å²) < 4.78 is 6.87. The highest BCUT2D eigenvalue weighted by molar-refractivity contribution is 5.93. The van der Waals surface area contributed by atoms with E-state index in [-0.39, 0.29) is 21.7 Å². The van der Waals surface area contributed by atoms with Gasteiger partial charge in [0.25, 0.3) is 0 Å². The Kier molecular flexibility index (Phi) is 5.76. The molecule has 0 amide bonds. The average molecular weight is 667 g/mol. The summed E-state index contributed by atoms with van der Waals surface area (Å²) in [7, 11) is 0. The second-order valence-corrected chi connectivity index (χ2v) is 16.8.